The second kappa shape index (κ2) is 3.87. The summed E-state index contributed by atoms with van der Waals surface area (Å²) < 4.78 is 5.21. The first-order valence-electron chi connectivity index (χ1n) is 4.23. The molecule has 0 bridgehead atoms. The van der Waals surface area contributed by atoms with E-state index in [1.165, 1.54) is 12.8 Å². The lowest BCUT2D eigenvalue weighted by molar-refractivity contribution is -0.120. The molecule has 0 aromatic carbocycles. The Morgan fingerprint density at radius 2 is 2.25 bits per heavy atom. The molecule has 1 aliphatic rings. The SMILES string of the molecule is COC(CC(N)C(N)=O)C1CC1. The Morgan fingerprint density at radius 3 is 2.58 bits per heavy atom. The molecule has 4 N–H and O–H groups in total. The highest BCUT2D eigenvalue weighted by Gasteiger charge is 2.33. The molecule has 12 heavy (non-hydrogen) atoms. The summed E-state index contributed by atoms with van der Waals surface area (Å²) in [6.45, 7) is 0. The Morgan fingerprint density at radius 1 is 1.67 bits per heavy atom. The molecule has 2 atom stereocenters. The van der Waals surface area contributed by atoms with Crippen LogP contribution in [-0.2, 0) is 9.53 Å². The van der Waals surface area contributed by atoms with E-state index in [4.69, 9.17) is 16.2 Å². The van der Waals surface area contributed by atoms with E-state index < -0.39 is 11.9 Å². The number of primary amides is 1. The maximum Gasteiger partial charge on any atom is 0.234 e. The van der Waals surface area contributed by atoms with Crippen molar-refractivity contribution in [2.75, 3.05) is 7.11 Å². The highest BCUT2D eigenvalue weighted by molar-refractivity contribution is 5.79. The van der Waals surface area contributed by atoms with Gasteiger partial charge in [0.2, 0.25) is 5.91 Å². The Bertz CT molecular complexity index is 168. The van der Waals surface area contributed by atoms with Gasteiger partial charge in [0, 0.05) is 7.11 Å². The normalized spacial score (nSPS) is 21.8. The number of methoxy groups -OCH3 is 1. The van der Waals surface area contributed by atoms with Crippen LogP contribution in [0.15, 0.2) is 0 Å². The van der Waals surface area contributed by atoms with Gasteiger partial charge in [-0.15, -0.1) is 0 Å². The number of carbonyl (C=O) groups excluding carboxylic acids is 1. The Kier molecular flexibility index (Phi) is 3.05. The third kappa shape index (κ3) is 2.46. The van der Waals surface area contributed by atoms with Gasteiger partial charge in [0.25, 0.3) is 0 Å². The number of hydrogen-bond donors (Lipinski definition) is 2. The van der Waals surface area contributed by atoms with E-state index in [1.54, 1.807) is 7.11 Å². The fraction of sp³-hybridized carbons (Fsp3) is 0.875. The van der Waals surface area contributed by atoms with Gasteiger partial charge >= 0.3 is 0 Å². The number of ether oxygens (including phenoxy) is 1. The van der Waals surface area contributed by atoms with Crippen LogP contribution in [0.3, 0.4) is 0 Å². The van der Waals surface area contributed by atoms with Crippen LogP contribution in [0.2, 0.25) is 0 Å². The van der Waals surface area contributed by atoms with Crippen molar-refractivity contribution in [1.29, 1.82) is 0 Å². The second-order valence-corrected chi connectivity index (χ2v) is 3.36. The lowest BCUT2D eigenvalue weighted by Gasteiger charge is -2.16. The molecule has 0 aliphatic heterocycles. The van der Waals surface area contributed by atoms with Crippen LogP contribution >= 0.6 is 0 Å². The average Bonchev–Trinajstić information content (AvgIpc) is 2.82. The zero-order chi connectivity index (χ0) is 9.14. The van der Waals surface area contributed by atoms with Crippen LogP contribution in [0.25, 0.3) is 0 Å². The summed E-state index contributed by atoms with van der Waals surface area (Å²) in [5, 5.41) is 0. The predicted molar refractivity (Wildman–Crippen MR) is 45.3 cm³/mol. The van der Waals surface area contributed by atoms with Crippen LogP contribution in [0.1, 0.15) is 19.3 Å². The van der Waals surface area contributed by atoms with Crippen molar-refractivity contribution in [3.8, 4) is 0 Å². The first-order chi connectivity index (χ1) is 5.65. The quantitative estimate of drug-likeness (QED) is 0.593. The number of carbonyl (C=O) groups is 1. The van der Waals surface area contributed by atoms with Crippen molar-refractivity contribution in [2.24, 2.45) is 17.4 Å². The van der Waals surface area contributed by atoms with Crippen molar-refractivity contribution in [2.45, 2.75) is 31.4 Å². The van der Waals surface area contributed by atoms with Gasteiger partial charge in [-0.3, -0.25) is 4.79 Å². The molecule has 4 nitrogen and oxygen atoms in total. The van der Waals surface area contributed by atoms with Crippen molar-refractivity contribution in [1.82, 2.24) is 0 Å². The van der Waals surface area contributed by atoms with E-state index in [0.717, 1.165) is 0 Å². The highest BCUT2D eigenvalue weighted by Crippen LogP contribution is 2.35. The average molecular weight is 172 g/mol. The topological polar surface area (TPSA) is 78.3 Å². The largest absolute Gasteiger partial charge is 0.381 e. The van der Waals surface area contributed by atoms with Gasteiger partial charge in [0.1, 0.15) is 0 Å². The summed E-state index contributed by atoms with van der Waals surface area (Å²) in [6.07, 6.45) is 3.04. The maximum atomic E-state index is 10.6. The van der Waals surface area contributed by atoms with Crippen LogP contribution in [0, 0.1) is 5.92 Å². The fourth-order valence-electron chi connectivity index (χ4n) is 1.32. The first kappa shape index (κ1) is 9.48. The summed E-state index contributed by atoms with van der Waals surface area (Å²) in [5.74, 6) is 0.151. The lowest BCUT2D eigenvalue weighted by Crippen LogP contribution is -2.40. The molecule has 0 heterocycles. The van der Waals surface area contributed by atoms with E-state index in [0.29, 0.717) is 12.3 Å². The molecule has 0 aromatic rings. The van der Waals surface area contributed by atoms with Crippen LogP contribution < -0.4 is 11.5 Å². The summed E-state index contributed by atoms with van der Waals surface area (Å²) in [7, 11) is 1.65. The lowest BCUT2D eigenvalue weighted by atomic mass is 10.1. The molecule has 0 saturated heterocycles. The standard InChI is InChI=1S/C8H16N2O2/c1-12-7(5-2-3-5)4-6(9)8(10)11/h5-7H,2-4,9H2,1H3,(H2,10,11). The molecule has 1 saturated carbocycles. The molecule has 0 radical (unpaired) electrons. The molecule has 0 spiro atoms. The van der Waals surface area contributed by atoms with Gasteiger partial charge in [0.05, 0.1) is 12.1 Å². The Balaban J connectivity index is 2.30. The van der Waals surface area contributed by atoms with Gasteiger partial charge < -0.3 is 16.2 Å². The van der Waals surface area contributed by atoms with E-state index in [9.17, 15) is 4.79 Å². The zero-order valence-electron chi connectivity index (χ0n) is 7.32. The molecule has 70 valence electrons. The van der Waals surface area contributed by atoms with Crippen LogP contribution in [0.4, 0.5) is 0 Å². The predicted octanol–water partition coefficient (Wildman–Crippen LogP) is -0.386. The first-order valence-corrected chi connectivity index (χ1v) is 4.23. The third-order valence-electron chi connectivity index (χ3n) is 2.30. The monoisotopic (exact) mass is 172 g/mol. The fourth-order valence-corrected chi connectivity index (χ4v) is 1.32. The van der Waals surface area contributed by atoms with Crippen molar-refractivity contribution >= 4 is 5.91 Å². The number of rotatable bonds is 5. The molecule has 0 aromatic heterocycles. The zero-order valence-corrected chi connectivity index (χ0v) is 7.32. The molecular formula is C8H16N2O2. The van der Waals surface area contributed by atoms with Crippen molar-refractivity contribution in [3.63, 3.8) is 0 Å². The number of hydrogen-bond acceptors (Lipinski definition) is 3. The smallest absolute Gasteiger partial charge is 0.234 e. The van der Waals surface area contributed by atoms with Gasteiger partial charge in [-0.2, -0.15) is 0 Å². The minimum atomic E-state index is -0.560. The van der Waals surface area contributed by atoms with Gasteiger partial charge in [-0.1, -0.05) is 0 Å². The highest BCUT2D eigenvalue weighted by atomic mass is 16.5. The number of nitrogens with two attached hydrogens (primary N) is 2. The van der Waals surface area contributed by atoms with E-state index >= 15 is 0 Å². The molecule has 1 fully saturated rings. The number of amides is 1. The summed E-state index contributed by atoms with van der Waals surface area (Å²) in [5.41, 5.74) is 10.5. The van der Waals surface area contributed by atoms with Gasteiger partial charge in [-0.05, 0) is 25.2 Å². The van der Waals surface area contributed by atoms with Crippen molar-refractivity contribution < 1.29 is 9.53 Å². The van der Waals surface area contributed by atoms with E-state index in [-0.39, 0.29) is 6.10 Å². The molecule has 1 aliphatic carbocycles. The Hall–Kier alpha value is -0.610. The van der Waals surface area contributed by atoms with Crippen molar-refractivity contribution in [3.05, 3.63) is 0 Å². The summed E-state index contributed by atoms with van der Waals surface area (Å²) in [6, 6.07) is -0.560. The van der Waals surface area contributed by atoms with Gasteiger partial charge in [-0.25, -0.2) is 0 Å². The Labute approximate surface area is 72.2 Å². The van der Waals surface area contributed by atoms with Crippen LogP contribution in [0.5, 0.6) is 0 Å². The van der Waals surface area contributed by atoms with Crippen LogP contribution in [-0.4, -0.2) is 25.2 Å². The second-order valence-electron chi connectivity index (χ2n) is 3.36. The maximum absolute atomic E-state index is 10.6. The molecule has 1 amide bonds. The third-order valence-corrected chi connectivity index (χ3v) is 2.30. The molecule has 1 rings (SSSR count). The summed E-state index contributed by atoms with van der Waals surface area (Å²) >= 11 is 0. The molecule has 2 unspecified atom stereocenters. The van der Waals surface area contributed by atoms with E-state index in [2.05, 4.69) is 0 Å². The minimum absolute atomic E-state index is 0.118. The van der Waals surface area contributed by atoms with E-state index in [1.807, 2.05) is 0 Å². The summed E-state index contributed by atoms with van der Waals surface area (Å²) in [4.78, 5) is 10.6. The van der Waals surface area contributed by atoms with Gasteiger partial charge in [0.15, 0.2) is 0 Å². The molecular weight excluding hydrogens is 156 g/mol. The minimum Gasteiger partial charge on any atom is -0.381 e. The molecule has 4 heteroatoms.